The van der Waals surface area contributed by atoms with Crippen molar-refractivity contribution in [2.75, 3.05) is 26.2 Å². The van der Waals surface area contributed by atoms with Gasteiger partial charge in [-0.15, -0.1) is 0 Å². The van der Waals surface area contributed by atoms with Crippen LogP contribution in [0.4, 0.5) is 0 Å². The Labute approximate surface area is 217 Å². The average Bonchev–Trinajstić information content (AvgIpc) is 3.14. The minimum atomic E-state index is -1.63. The molecule has 4 rings (SSSR count). The minimum Gasteiger partial charge on any atom is -0.466 e. The molecule has 0 radical (unpaired) electrons. The summed E-state index contributed by atoms with van der Waals surface area (Å²) < 4.78 is 12.8. The zero-order valence-corrected chi connectivity index (χ0v) is 23.5. The van der Waals surface area contributed by atoms with Crippen molar-refractivity contribution in [2.45, 2.75) is 44.0 Å². The first-order chi connectivity index (χ1) is 16.4. The van der Waals surface area contributed by atoms with Crippen LogP contribution in [0.25, 0.3) is 0 Å². The highest BCUT2D eigenvalue weighted by atomic mass is 79.9. The Bertz CT molecular complexity index is 1140. The van der Waals surface area contributed by atoms with Crippen LogP contribution in [0.2, 0.25) is 0 Å². The monoisotopic (exact) mass is 560 g/mol. The molecule has 2 aliphatic rings. The summed E-state index contributed by atoms with van der Waals surface area (Å²) in [6, 6.07) is 17.1. The van der Waals surface area contributed by atoms with Crippen LogP contribution in [0.15, 0.2) is 70.4 Å². The van der Waals surface area contributed by atoms with E-state index in [9.17, 15) is 9.59 Å². The number of nitrogens with zero attached hydrogens (tertiary/aromatic N) is 2. The Balaban J connectivity index is 1.93. The number of carbonyl (C=O) groups excluding carboxylic acids is 2. The van der Waals surface area contributed by atoms with Gasteiger partial charge >= 0.3 is 5.97 Å². The summed E-state index contributed by atoms with van der Waals surface area (Å²) in [5.74, 6) is 0.0791. The number of hydrazine groups is 1. The van der Waals surface area contributed by atoms with Crippen molar-refractivity contribution < 1.29 is 18.5 Å². The van der Waals surface area contributed by atoms with Crippen molar-refractivity contribution in [1.82, 2.24) is 10.0 Å². The van der Waals surface area contributed by atoms with E-state index < -0.39 is 22.3 Å². The molecule has 2 aromatic rings. The molecule has 1 amide bonds. The topological polar surface area (TPSA) is 59.1 Å². The molecule has 35 heavy (non-hydrogen) atoms. The molecule has 2 atom stereocenters. The second kappa shape index (κ2) is 9.64. The van der Waals surface area contributed by atoms with Gasteiger partial charge in [0.2, 0.25) is 5.91 Å². The third kappa shape index (κ3) is 4.88. The highest BCUT2D eigenvalue weighted by Crippen LogP contribution is 2.57. The second-order valence-electron chi connectivity index (χ2n) is 10.2. The van der Waals surface area contributed by atoms with Crippen LogP contribution in [-0.4, -0.2) is 52.8 Å². The largest absolute Gasteiger partial charge is 0.466 e. The highest BCUT2D eigenvalue weighted by Gasteiger charge is 2.51. The number of halogens is 1. The number of amides is 1. The maximum absolute atomic E-state index is 13.4. The molecule has 188 valence electrons. The van der Waals surface area contributed by atoms with E-state index in [4.69, 9.17) is 8.92 Å². The summed E-state index contributed by atoms with van der Waals surface area (Å²) >= 11 is 3.51. The van der Waals surface area contributed by atoms with Gasteiger partial charge in [-0.3, -0.25) is 9.80 Å². The number of ether oxygens (including phenoxy) is 1. The first kappa shape index (κ1) is 25.8. The molecular weight excluding hydrogens is 528 g/mol. The van der Waals surface area contributed by atoms with Crippen LogP contribution >= 0.6 is 26.2 Å². The molecule has 0 spiro atoms. The van der Waals surface area contributed by atoms with Crippen LogP contribution in [0.5, 0.6) is 0 Å². The van der Waals surface area contributed by atoms with Gasteiger partial charge in [-0.2, -0.15) is 5.01 Å². The molecule has 2 aliphatic heterocycles. The van der Waals surface area contributed by atoms with E-state index in [1.807, 2.05) is 59.6 Å². The fraction of sp³-hybridized carbons (Fsp3) is 0.407. The van der Waals surface area contributed by atoms with Gasteiger partial charge in [-0.1, -0.05) is 68.7 Å². The predicted octanol–water partition coefficient (Wildman–Crippen LogP) is 5.92. The molecule has 0 bridgehead atoms. The van der Waals surface area contributed by atoms with E-state index in [1.165, 1.54) is 7.11 Å². The van der Waals surface area contributed by atoms with Gasteiger partial charge in [0, 0.05) is 15.6 Å². The minimum absolute atomic E-state index is 0.00884. The van der Waals surface area contributed by atoms with E-state index in [-0.39, 0.29) is 23.2 Å². The van der Waals surface area contributed by atoms with E-state index in [1.54, 1.807) is 5.01 Å². The number of rotatable bonds is 5. The zero-order valence-electron chi connectivity index (χ0n) is 21.1. The Morgan fingerprint density at radius 1 is 1.03 bits per heavy atom. The third-order valence-electron chi connectivity index (χ3n) is 6.94. The fourth-order valence-corrected chi connectivity index (χ4v) is 5.51. The molecular formula is C27H33BrN2O4S. The lowest BCUT2D eigenvalue weighted by atomic mass is 9.93. The SMILES string of the molecule is COC(=O)C1=C(OS(C)(C)C(C)(C)C)CN2C(=O)C[C@H](c3ccccc3)N2[C@@H]1c1ccc(Br)cc1. The molecule has 2 heterocycles. The molecule has 0 saturated carbocycles. The van der Waals surface area contributed by atoms with Gasteiger partial charge in [0.15, 0.2) is 0 Å². The summed E-state index contributed by atoms with van der Waals surface area (Å²) in [7, 11) is -0.233. The molecule has 8 heteroatoms. The smallest absolute Gasteiger partial charge is 0.339 e. The lowest BCUT2D eigenvalue weighted by molar-refractivity contribution is -0.148. The lowest BCUT2D eigenvalue weighted by Crippen LogP contribution is -2.49. The number of esters is 1. The first-order valence-corrected chi connectivity index (χ1v) is 14.7. The van der Waals surface area contributed by atoms with Crippen molar-refractivity contribution in [2.24, 2.45) is 0 Å². The molecule has 0 N–H and O–H groups in total. The predicted molar refractivity (Wildman–Crippen MR) is 144 cm³/mol. The summed E-state index contributed by atoms with van der Waals surface area (Å²) in [5.41, 5.74) is 2.37. The van der Waals surface area contributed by atoms with Gasteiger partial charge in [-0.05, 0) is 56.5 Å². The van der Waals surface area contributed by atoms with Gasteiger partial charge in [0.25, 0.3) is 0 Å². The van der Waals surface area contributed by atoms with Crippen molar-refractivity contribution >= 4 is 38.1 Å². The summed E-state index contributed by atoms with van der Waals surface area (Å²) in [4.78, 5) is 26.8. The Kier molecular flexibility index (Phi) is 7.10. The number of fused-ring (bicyclic) bond motifs is 1. The van der Waals surface area contributed by atoms with E-state index in [0.29, 0.717) is 17.8 Å². The molecule has 1 fully saturated rings. The first-order valence-electron chi connectivity index (χ1n) is 11.6. The van der Waals surface area contributed by atoms with Crippen molar-refractivity contribution in [1.29, 1.82) is 0 Å². The Hall–Kier alpha value is -2.29. The second-order valence-corrected chi connectivity index (χ2v) is 14.9. The van der Waals surface area contributed by atoms with Crippen LogP contribution in [0.3, 0.4) is 0 Å². The number of carbonyl (C=O) groups is 2. The average molecular weight is 562 g/mol. The maximum Gasteiger partial charge on any atom is 0.339 e. The fourth-order valence-electron chi connectivity index (χ4n) is 4.35. The lowest BCUT2D eigenvalue weighted by Gasteiger charge is -2.48. The number of benzene rings is 2. The van der Waals surface area contributed by atoms with Crippen LogP contribution in [-0.2, 0) is 18.5 Å². The van der Waals surface area contributed by atoms with Gasteiger partial charge < -0.3 is 8.92 Å². The Morgan fingerprint density at radius 2 is 1.66 bits per heavy atom. The van der Waals surface area contributed by atoms with Crippen molar-refractivity contribution in [3.8, 4) is 0 Å². The van der Waals surface area contributed by atoms with Gasteiger partial charge in [0.05, 0.1) is 25.7 Å². The van der Waals surface area contributed by atoms with Crippen molar-refractivity contribution in [3.63, 3.8) is 0 Å². The van der Waals surface area contributed by atoms with Crippen LogP contribution in [0.1, 0.15) is 50.4 Å². The van der Waals surface area contributed by atoms with E-state index in [0.717, 1.165) is 15.6 Å². The standard InChI is InChI=1S/C27H33BrN2O4S/c1-27(2,3)35(5,6)34-22-17-29-23(31)16-21(18-10-8-7-9-11-18)30(29)25(24(22)26(32)33-4)19-12-14-20(28)15-13-19/h7-15,21,25H,16-17H2,1-6H3/t21-,25-/m1/s1. The molecule has 2 aromatic carbocycles. The van der Waals surface area contributed by atoms with Gasteiger partial charge in [-0.25, -0.2) is 4.79 Å². The summed E-state index contributed by atoms with van der Waals surface area (Å²) in [6.07, 6.45) is 4.51. The van der Waals surface area contributed by atoms with Crippen LogP contribution < -0.4 is 0 Å². The number of hydrogen-bond donors (Lipinski definition) is 0. The number of hydrogen-bond acceptors (Lipinski definition) is 5. The zero-order chi connectivity index (χ0) is 25.5. The van der Waals surface area contributed by atoms with Crippen molar-refractivity contribution in [3.05, 3.63) is 81.5 Å². The maximum atomic E-state index is 13.4. The third-order valence-corrected chi connectivity index (χ3v) is 11.0. The van der Waals surface area contributed by atoms with Crippen LogP contribution in [0, 0.1) is 0 Å². The normalized spacial score (nSPS) is 21.7. The molecule has 0 aliphatic carbocycles. The van der Waals surface area contributed by atoms with Gasteiger partial charge in [0.1, 0.15) is 11.3 Å². The molecule has 0 aromatic heterocycles. The van der Waals surface area contributed by atoms with E-state index >= 15 is 0 Å². The quantitative estimate of drug-likeness (QED) is 0.425. The summed E-state index contributed by atoms with van der Waals surface area (Å²) in [5, 5.41) is 3.80. The van der Waals surface area contributed by atoms with E-state index in [2.05, 4.69) is 49.2 Å². The summed E-state index contributed by atoms with van der Waals surface area (Å²) in [6.45, 7) is 6.60. The molecule has 1 saturated heterocycles. The highest BCUT2D eigenvalue weighted by molar-refractivity contribution is 9.10. The molecule has 6 nitrogen and oxygen atoms in total. The Morgan fingerprint density at radius 3 is 2.23 bits per heavy atom. The number of methoxy groups -OCH3 is 1. The molecule has 0 unspecified atom stereocenters.